The molecule has 0 aliphatic carbocycles. The number of carbonyl (C=O) groups is 2. The van der Waals surface area contributed by atoms with E-state index in [2.05, 4.69) is 10.3 Å². The minimum absolute atomic E-state index is 0.0804. The van der Waals surface area contributed by atoms with E-state index in [1.165, 1.54) is 11.3 Å². The number of nitrogens with two attached hydrogens (primary N) is 1. The normalized spacial score (nSPS) is 18.4. The van der Waals surface area contributed by atoms with Gasteiger partial charge in [-0.05, 0) is 18.4 Å². The highest BCUT2D eigenvalue weighted by Gasteiger charge is 2.34. The lowest BCUT2D eigenvalue weighted by Gasteiger charge is -2.25. The molecule has 2 aromatic rings. The second-order valence-corrected chi connectivity index (χ2v) is 6.69. The number of likely N-dealkylation sites (tertiary alicyclic amines) is 1. The van der Waals surface area contributed by atoms with E-state index < -0.39 is 6.04 Å². The zero-order chi connectivity index (χ0) is 16.9. The van der Waals surface area contributed by atoms with Crippen molar-refractivity contribution < 1.29 is 9.59 Å². The average molecular weight is 344 g/mol. The number of thiazole rings is 1. The second kappa shape index (κ2) is 7.55. The molecule has 1 saturated heterocycles. The van der Waals surface area contributed by atoms with Gasteiger partial charge in [-0.1, -0.05) is 30.3 Å². The molecule has 6 nitrogen and oxygen atoms in total. The Kier molecular flexibility index (Phi) is 5.22. The SMILES string of the molecule is NC(CC(=O)N1CCCC1C(=O)Nc1nccs1)c1ccccc1. The molecule has 0 spiro atoms. The molecule has 3 N–H and O–H groups in total. The van der Waals surface area contributed by atoms with Crippen molar-refractivity contribution in [3.63, 3.8) is 0 Å². The standard InChI is InChI=1S/C17H20N4O2S/c18-13(12-5-2-1-3-6-12)11-15(22)21-9-4-7-14(21)16(23)20-17-19-8-10-24-17/h1-3,5-6,8,10,13-14H,4,7,9,11,18H2,(H,19,20,23). The average Bonchev–Trinajstić information content (AvgIpc) is 3.27. The number of hydrogen-bond acceptors (Lipinski definition) is 5. The quantitative estimate of drug-likeness (QED) is 0.870. The summed E-state index contributed by atoms with van der Waals surface area (Å²) >= 11 is 1.36. The van der Waals surface area contributed by atoms with Crippen molar-refractivity contribution in [3.05, 3.63) is 47.5 Å². The first-order valence-electron chi connectivity index (χ1n) is 7.95. The van der Waals surface area contributed by atoms with Gasteiger partial charge in [0, 0.05) is 30.6 Å². The molecule has 0 bridgehead atoms. The van der Waals surface area contributed by atoms with Gasteiger partial charge >= 0.3 is 0 Å². The number of rotatable bonds is 5. The monoisotopic (exact) mass is 344 g/mol. The predicted octanol–water partition coefficient (Wildman–Crippen LogP) is 2.16. The molecule has 126 valence electrons. The van der Waals surface area contributed by atoms with Crippen molar-refractivity contribution in [1.82, 2.24) is 9.88 Å². The van der Waals surface area contributed by atoms with E-state index in [0.29, 0.717) is 18.1 Å². The lowest BCUT2D eigenvalue weighted by atomic mass is 10.0. The summed E-state index contributed by atoms with van der Waals surface area (Å²) in [6.45, 7) is 0.594. The van der Waals surface area contributed by atoms with Gasteiger partial charge in [0.05, 0.1) is 0 Å². The Bertz CT molecular complexity index is 690. The first-order valence-corrected chi connectivity index (χ1v) is 8.83. The van der Waals surface area contributed by atoms with Crippen LogP contribution < -0.4 is 11.1 Å². The lowest BCUT2D eigenvalue weighted by Crippen LogP contribution is -2.44. The topological polar surface area (TPSA) is 88.3 Å². The summed E-state index contributed by atoms with van der Waals surface area (Å²) in [5.41, 5.74) is 7.06. The number of carbonyl (C=O) groups excluding carboxylic acids is 2. The van der Waals surface area contributed by atoms with Crippen LogP contribution in [0.1, 0.15) is 30.9 Å². The Morgan fingerprint density at radius 2 is 2.17 bits per heavy atom. The summed E-state index contributed by atoms with van der Waals surface area (Å²) in [5, 5.41) is 5.13. The van der Waals surface area contributed by atoms with Crippen LogP contribution in [0.5, 0.6) is 0 Å². The molecule has 0 saturated carbocycles. The highest BCUT2D eigenvalue weighted by Crippen LogP contribution is 2.23. The van der Waals surface area contributed by atoms with Crippen LogP contribution >= 0.6 is 11.3 Å². The molecule has 1 aromatic heterocycles. The number of nitrogens with one attached hydrogen (secondary N) is 1. The van der Waals surface area contributed by atoms with Gasteiger partial charge in [0.25, 0.3) is 0 Å². The van der Waals surface area contributed by atoms with E-state index in [9.17, 15) is 9.59 Å². The second-order valence-electron chi connectivity index (χ2n) is 5.79. The van der Waals surface area contributed by atoms with Gasteiger partial charge in [-0.2, -0.15) is 0 Å². The fourth-order valence-electron chi connectivity index (χ4n) is 2.94. The molecule has 1 aromatic carbocycles. The predicted molar refractivity (Wildman–Crippen MR) is 93.5 cm³/mol. The van der Waals surface area contributed by atoms with E-state index in [1.54, 1.807) is 16.5 Å². The highest BCUT2D eigenvalue weighted by atomic mass is 32.1. The van der Waals surface area contributed by atoms with Gasteiger partial charge in [0.1, 0.15) is 6.04 Å². The molecule has 2 atom stereocenters. The summed E-state index contributed by atoms with van der Waals surface area (Å²) < 4.78 is 0. The van der Waals surface area contributed by atoms with Gasteiger partial charge in [-0.15, -0.1) is 11.3 Å². The highest BCUT2D eigenvalue weighted by molar-refractivity contribution is 7.13. The summed E-state index contributed by atoms with van der Waals surface area (Å²) in [6, 6.07) is 8.74. The first-order chi connectivity index (χ1) is 11.6. The molecule has 0 radical (unpaired) electrons. The smallest absolute Gasteiger partial charge is 0.248 e. The summed E-state index contributed by atoms with van der Waals surface area (Å²) in [5.74, 6) is -0.257. The number of anilines is 1. The van der Waals surface area contributed by atoms with E-state index >= 15 is 0 Å². The van der Waals surface area contributed by atoms with Gasteiger partial charge in [0.2, 0.25) is 11.8 Å². The minimum atomic E-state index is -0.440. The summed E-state index contributed by atoms with van der Waals surface area (Å²) in [4.78, 5) is 30.7. The Balaban J connectivity index is 1.62. The number of benzene rings is 1. The lowest BCUT2D eigenvalue weighted by molar-refractivity contribution is -0.137. The zero-order valence-corrected chi connectivity index (χ0v) is 14.0. The van der Waals surface area contributed by atoms with E-state index in [-0.39, 0.29) is 24.3 Å². The van der Waals surface area contributed by atoms with E-state index in [0.717, 1.165) is 12.0 Å². The van der Waals surface area contributed by atoms with Gasteiger partial charge in [-0.25, -0.2) is 4.98 Å². The molecule has 24 heavy (non-hydrogen) atoms. The van der Waals surface area contributed by atoms with Crippen molar-refractivity contribution >= 4 is 28.3 Å². The number of amides is 2. The fraction of sp³-hybridized carbons (Fsp3) is 0.353. The van der Waals surface area contributed by atoms with Crippen molar-refractivity contribution in [2.45, 2.75) is 31.3 Å². The minimum Gasteiger partial charge on any atom is -0.331 e. The molecule has 1 aliphatic heterocycles. The van der Waals surface area contributed by atoms with Gasteiger partial charge < -0.3 is 16.0 Å². The van der Waals surface area contributed by atoms with Crippen molar-refractivity contribution in [1.29, 1.82) is 0 Å². The third-order valence-electron chi connectivity index (χ3n) is 4.16. The maximum Gasteiger partial charge on any atom is 0.248 e. The van der Waals surface area contributed by atoms with E-state index in [4.69, 9.17) is 5.73 Å². The third kappa shape index (κ3) is 3.80. The van der Waals surface area contributed by atoms with Crippen LogP contribution in [0.15, 0.2) is 41.9 Å². The fourth-order valence-corrected chi connectivity index (χ4v) is 3.47. The summed E-state index contributed by atoms with van der Waals surface area (Å²) in [7, 11) is 0. The number of aromatic nitrogens is 1. The Morgan fingerprint density at radius 1 is 1.38 bits per heavy atom. The molecule has 3 rings (SSSR count). The van der Waals surface area contributed by atoms with Crippen molar-refractivity contribution in [2.75, 3.05) is 11.9 Å². The van der Waals surface area contributed by atoms with Crippen LogP contribution in [0.2, 0.25) is 0 Å². The van der Waals surface area contributed by atoms with Gasteiger partial charge in [-0.3, -0.25) is 9.59 Å². The van der Waals surface area contributed by atoms with Gasteiger partial charge in [0.15, 0.2) is 5.13 Å². The maximum absolute atomic E-state index is 12.6. The molecule has 1 fully saturated rings. The van der Waals surface area contributed by atoms with Crippen molar-refractivity contribution in [2.24, 2.45) is 5.73 Å². The molecule has 2 heterocycles. The summed E-state index contributed by atoms with van der Waals surface area (Å²) in [6.07, 6.45) is 3.33. The number of nitrogens with zero attached hydrogens (tertiary/aromatic N) is 2. The van der Waals surface area contributed by atoms with Crippen LogP contribution in [0.4, 0.5) is 5.13 Å². The number of hydrogen-bond donors (Lipinski definition) is 2. The zero-order valence-electron chi connectivity index (χ0n) is 13.2. The molecule has 2 amide bonds. The molecule has 2 unspecified atom stereocenters. The first kappa shape index (κ1) is 16.6. The Hall–Kier alpha value is -2.25. The molecule has 1 aliphatic rings. The van der Waals surface area contributed by atoms with Crippen LogP contribution in [0, 0.1) is 0 Å². The largest absolute Gasteiger partial charge is 0.331 e. The molecule has 7 heteroatoms. The third-order valence-corrected chi connectivity index (χ3v) is 4.85. The Labute approximate surface area is 144 Å². The van der Waals surface area contributed by atoms with Crippen LogP contribution in [0.3, 0.4) is 0 Å². The maximum atomic E-state index is 12.6. The van der Waals surface area contributed by atoms with Crippen LogP contribution in [-0.4, -0.2) is 34.3 Å². The van der Waals surface area contributed by atoms with Crippen LogP contribution in [0.25, 0.3) is 0 Å². The van der Waals surface area contributed by atoms with E-state index in [1.807, 2.05) is 30.3 Å². The molecular formula is C17H20N4O2S. The van der Waals surface area contributed by atoms with Crippen LogP contribution in [-0.2, 0) is 9.59 Å². The molecular weight excluding hydrogens is 324 g/mol. The Morgan fingerprint density at radius 3 is 2.88 bits per heavy atom. The van der Waals surface area contributed by atoms with Crippen molar-refractivity contribution in [3.8, 4) is 0 Å².